The highest BCUT2D eigenvalue weighted by Gasteiger charge is 2.29. The van der Waals surface area contributed by atoms with E-state index in [1.807, 2.05) is 13.8 Å². The van der Waals surface area contributed by atoms with E-state index in [-0.39, 0.29) is 5.91 Å². The minimum atomic E-state index is -0.434. The number of carbonyl (C=O) groups is 1. The maximum Gasteiger partial charge on any atom is 0.236 e. The number of rotatable bonds is 4. The van der Waals surface area contributed by atoms with Crippen molar-refractivity contribution in [2.75, 3.05) is 6.54 Å². The zero-order valence-electron chi connectivity index (χ0n) is 8.56. The predicted octanol–water partition coefficient (Wildman–Crippen LogP) is 2.32. The molecule has 3 heteroatoms. The van der Waals surface area contributed by atoms with Crippen molar-refractivity contribution in [3.8, 4) is 0 Å². The van der Waals surface area contributed by atoms with Gasteiger partial charge in [-0.25, -0.2) is 0 Å². The van der Waals surface area contributed by atoms with Crippen LogP contribution in [0, 0.1) is 11.8 Å². The van der Waals surface area contributed by atoms with Gasteiger partial charge in [-0.05, 0) is 38.5 Å². The molecule has 1 atom stereocenters. The smallest absolute Gasteiger partial charge is 0.236 e. The summed E-state index contributed by atoms with van der Waals surface area (Å²) in [5.74, 6) is 1.58. The number of hydrogen-bond donors (Lipinski definition) is 1. The van der Waals surface area contributed by atoms with Gasteiger partial charge in [0.05, 0.1) is 4.32 Å². The van der Waals surface area contributed by atoms with Gasteiger partial charge < -0.3 is 5.32 Å². The maximum atomic E-state index is 11.5. The first-order chi connectivity index (χ1) is 5.91. The number of alkyl halides is 1. The van der Waals surface area contributed by atoms with Gasteiger partial charge in [-0.3, -0.25) is 4.79 Å². The van der Waals surface area contributed by atoms with Crippen molar-refractivity contribution in [2.24, 2.45) is 11.8 Å². The topological polar surface area (TPSA) is 29.1 Å². The molecule has 1 amide bonds. The summed E-state index contributed by atoms with van der Waals surface area (Å²) in [5, 5.41) is 2.96. The lowest BCUT2D eigenvalue weighted by atomic mass is 10.1. The summed E-state index contributed by atoms with van der Waals surface area (Å²) in [4.78, 5) is 11.5. The number of halogens is 1. The Kier molecular flexibility index (Phi) is 3.38. The average Bonchev–Trinajstić information content (AvgIpc) is 2.79. The molecule has 1 unspecified atom stereocenters. The van der Waals surface area contributed by atoms with Crippen molar-refractivity contribution in [1.82, 2.24) is 5.32 Å². The van der Waals surface area contributed by atoms with Crippen LogP contribution in [-0.4, -0.2) is 16.8 Å². The Morgan fingerprint density at radius 1 is 1.62 bits per heavy atom. The van der Waals surface area contributed by atoms with Crippen molar-refractivity contribution in [3.05, 3.63) is 0 Å². The molecule has 1 N–H and O–H groups in total. The second-order valence-electron chi connectivity index (χ2n) is 4.50. The molecule has 1 aliphatic carbocycles. The molecule has 0 spiro atoms. The summed E-state index contributed by atoms with van der Waals surface area (Å²) in [7, 11) is 0. The molecule has 0 radical (unpaired) electrons. The second kappa shape index (κ2) is 3.99. The van der Waals surface area contributed by atoms with E-state index in [0.29, 0.717) is 5.92 Å². The standard InChI is InChI=1S/C10H18BrNO/c1-7(8-4-5-8)6-12-9(13)10(2,3)11/h7-8H,4-6H2,1-3H3,(H,12,13). The van der Waals surface area contributed by atoms with Crippen LogP contribution in [-0.2, 0) is 4.79 Å². The van der Waals surface area contributed by atoms with Gasteiger partial charge >= 0.3 is 0 Å². The van der Waals surface area contributed by atoms with E-state index in [9.17, 15) is 4.79 Å². The molecule has 0 aromatic rings. The van der Waals surface area contributed by atoms with Crippen LogP contribution >= 0.6 is 15.9 Å². The SMILES string of the molecule is CC(CNC(=O)C(C)(C)Br)C1CC1. The minimum absolute atomic E-state index is 0.0833. The Morgan fingerprint density at radius 3 is 2.54 bits per heavy atom. The first-order valence-corrected chi connectivity index (χ1v) is 5.68. The largest absolute Gasteiger partial charge is 0.355 e. The van der Waals surface area contributed by atoms with Gasteiger partial charge in [0.15, 0.2) is 0 Å². The third-order valence-corrected chi connectivity index (χ3v) is 2.91. The molecule has 1 rings (SSSR count). The fraction of sp³-hybridized carbons (Fsp3) is 0.900. The van der Waals surface area contributed by atoms with E-state index < -0.39 is 4.32 Å². The minimum Gasteiger partial charge on any atom is -0.355 e. The summed E-state index contributed by atoms with van der Waals surface area (Å²) < 4.78 is -0.434. The van der Waals surface area contributed by atoms with Crippen LogP contribution in [0.3, 0.4) is 0 Å². The van der Waals surface area contributed by atoms with Crippen LogP contribution in [0.5, 0.6) is 0 Å². The van der Waals surface area contributed by atoms with Gasteiger partial charge in [-0.15, -0.1) is 0 Å². The van der Waals surface area contributed by atoms with Crippen molar-refractivity contribution >= 4 is 21.8 Å². The molecular weight excluding hydrogens is 230 g/mol. The molecule has 13 heavy (non-hydrogen) atoms. The average molecular weight is 248 g/mol. The molecule has 1 fully saturated rings. The van der Waals surface area contributed by atoms with Gasteiger partial charge in [0.25, 0.3) is 0 Å². The lowest BCUT2D eigenvalue weighted by Crippen LogP contribution is -2.39. The first kappa shape index (κ1) is 11.0. The quantitative estimate of drug-likeness (QED) is 0.760. The summed E-state index contributed by atoms with van der Waals surface area (Å²) >= 11 is 3.33. The third kappa shape index (κ3) is 3.67. The van der Waals surface area contributed by atoms with Gasteiger partial charge in [0, 0.05) is 6.54 Å². The van der Waals surface area contributed by atoms with Crippen LogP contribution in [0.25, 0.3) is 0 Å². The van der Waals surface area contributed by atoms with Gasteiger partial charge in [-0.1, -0.05) is 22.9 Å². The van der Waals surface area contributed by atoms with Crippen LogP contribution in [0.2, 0.25) is 0 Å². The zero-order chi connectivity index (χ0) is 10.1. The first-order valence-electron chi connectivity index (χ1n) is 4.88. The fourth-order valence-corrected chi connectivity index (χ4v) is 1.44. The molecule has 0 aliphatic heterocycles. The molecule has 0 aromatic carbocycles. The highest BCUT2D eigenvalue weighted by Crippen LogP contribution is 2.36. The molecule has 2 nitrogen and oxygen atoms in total. The molecule has 76 valence electrons. The fourth-order valence-electron chi connectivity index (χ4n) is 1.30. The maximum absolute atomic E-state index is 11.5. The summed E-state index contributed by atoms with van der Waals surface area (Å²) in [6.07, 6.45) is 2.68. The number of amides is 1. The molecule has 0 heterocycles. The molecule has 0 bridgehead atoms. The van der Waals surface area contributed by atoms with Gasteiger partial charge in [0.2, 0.25) is 5.91 Å². The molecule has 1 aliphatic rings. The number of nitrogens with one attached hydrogen (secondary N) is 1. The third-order valence-electron chi connectivity index (χ3n) is 2.55. The van der Waals surface area contributed by atoms with E-state index in [2.05, 4.69) is 28.2 Å². The second-order valence-corrected chi connectivity index (χ2v) is 6.48. The monoisotopic (exact) mass is 247 g/mol. The van der Waals surface area contributed by atoms with Crippen LogP contribution in [0.1, 0.15) is 33.6 Å². The highest BCUT2D eigenvalue weighted by molar-refractivity contribution is 9.10. The normalized spacial score (nSPS) is 19.7. The number of hydrogen-bond acceptors (Lipinski definition) is 1. The van der Waals surface area contributed by atoms with E-state index in [4.69, 9.17) is 0 Å². The Labute approximate surface area is 88.6 Å². The predicted molar refractivity (Wildman–Crippen MR) is 57.9 cm³/mol. The van der Waals surface area contributed by atoms with Gasteiger partial charge in [-0.2, -0.15) is 0 Å². The summed E-state index contributed by atoms with van der Waals surface area (Å²) in [6.45, 7) is 6.76. The molecule has 0 aromatic heterocycles. The summed E-state index contributed by atoms with van der Waals surface area (Å²) in [5.41, 5.74) is 0. The van der Waals surface area contributed by atoms with E-state index in [1.54, 1.807) is 0 Å². The number of carbonyl (C=O) groups excluding carboxylic acids is 1. The van der Waals surface area contributed by atoms with Gasteiger partial charge in [0.1, 0.15) is 0 Å². The zero-order valence-corrected chi connectivity index (χ0v) is 10.1. The Hall–Kier alpha value is -0.0500. The van der Waals surface area contributed by atoms with Crippen molar-refractivity contribution in [2.45, 2.75) is 37.9 Å². The lowest BCUT2D eigenvalue weighted by Gasteiger charge is -2.18. The summed E-state index contributed by atoms with van der Waals surface area (Å²) in [6, 6.07) is 0. The van der Waals surface area contributed by atoms with Crippen molar-refractivity contribution < 1.29 is 4.79 Å². The van der Waals surface area contributed by atoms with Crippen molar-refractivity contribution in [3.63, 3.8) is 0 Å². The Bertz CT molecular complexity index is 194. The van der Waals surface area contributed by atoms with E-state index in [0.717, 1.165) is 12.5 Å². The van der Waals surface area contributed by atoms with Crippen LogP contribution in [0.15, 0.2) is 0 Å². The van der Waals surface area contributed by atoms with Crippen molar-refractivity contribution in [1.29, 1.82) is 0 Å². The van der Waals surface area contributed by atoms with Crippen LogP contribution in [0.4, 0.5) is 0 Å². The molecule has 0 saturated heterocycles. The Balaban J connectivity index is 2.21. The molecule has 1 saturated carbocycles. The molecular formula is C10H18BrNO. The Morgan fingerprint density at radius 2 is 2.15 bits per heavy atom. The van der Waals surface area contributed by atoms with Crippen LogP contribution < -0.4 is 5.32 Å². The lowest BCUT2D eigenvalue weighted by molar-refractivity contribution is -0.122. The highest BCUT2D eigenvalue weighted by atomic mass is 79.9. The van der Waals surface area contributed by atoms with E-state index >= 15 is 0 Å². The van der Waals surface area contributed by atoms with E-state index in [1.165, 1.54) is 12.8 Å².